The molecule has 88 heavy (non-hydrogen) atoms. The Kier molecular flexibility index (Phi) is 31.1. The first-order valence-corrected chi connectivity index (χ1v) is 31.8. The van der Waals surface area contributed by atoms with Crippen LogP contribution in [0.1, 0.15) is 48.8 Å². The van der Waals surface area contributed by atoms with Crippen molar-refractivity contribution >= 4 is 37.9 Å². The van der Waals surface area contributed by atoms with Gasteiger partial charge in [0.25, 0.3) is 10.1 Å². The van der Waals surface area contributed by atoms with E-state index in [9.17, 15) is 8.42 Å². The second-order valence-corrected chi connectivity index (χ2v) is 22.4. The number of benzene rings is 5. The summed E-state index contributed by atoms with van der Waals surface area (Å²) in [6.45, 7) is 19.1. The van der Waals surface area contributed by atoms with Crippen LogP contribution >= 0.6 is 0 Å². The van der Waals surface area contributed by atoms with Gasteiger partial charge in [0.05, 0.1) is 187 Å². The Labute approximate surface area is 519 Å². The summed E-state index contributed by atoms with van der Waals surface area (Å²) in [7, 11) is -3.79. The van der Waals surface area contributed by atoms with Crippen LogP contribution in [0, 0.1) is 6.92 Å². The van der Waals surface area contributed by atoms with Crippen molar-refractivity contribution in [2.75, 3.05) is 170 Å². The molecule has 2 heterocycles. The highest BCUT2D eigenvalue weighted by molar-refractivity contribution is 7.86. The fraction of sp³-hybridized carbons (Fsp3) is 0.493. The van der Waals surface area contributed by atoms with Gasteiger partial charge >= 0.3 is 0 Å². The predicted molar refractivity (Wildman–Crippen MR) is 337 cm³/mol. The average Bonchev–Trinajstić information content (AvgIpc) is 1.51. The lowest BCUT2D eigenvalue weighted by molar-refractivity contribution is -0.0621. The average molecular weight is 1240 g/mol. The van der Waals surface area contributed by atoms with Crippen molar-refractivity contribution in [2.45, 2.75) is 56.9 Å². The van der Waals surface area contributed by atoms with Gasteiger partial charge in [0.2, 0.25) is 0 Å². The topological polar surface area (TPSA) is 206 Å². The molecule has 0 bridgehead atoms. The van der Waals surface area contributed by atoms with Gasteiger partial charge in [0, 0.05) is 12.0 Å². The van der Waals surface area contributed by atoms with Gasteiger partial charge < -0.3 is 71.5 Å². The molecular weight excluding hydrogens is 1150 g/mol. The van der Waals surface area contributed by atoms with Crippen molar-refractivity contribution < 1.29 is 74.2 Å². The summed E-state index contributed by atoms with van der Waals surface area (Å²) in [6.07, 6.45) is 0. The number of hydrogen-bond acceptors (Lipinski definition) is 19. The Morgan fingerprint density at radius 1 is 0.443 bits per heavy atom. The fourth-order valence-corrected chi connectivity index (χ4v) is 10.4. The van der Waals surface area contributed by atoms with E-state index in [2.05, 4.69) is 109 Å². The normalized spacial score (nSPS) is 12.2. The first-order valence-electron chi connectivity index (χ1n) is 30.4. The van der Waals surface area contributed by atoms with E-state index in [1.54, 1.807) is 12.1 Å². The van der Waals surface area contributed by atoms with Crippen molar-refractivity contribution in [2.24, 2.45) is 0 Å². The van der Waals surface area contributed by atoms with Gasteiger partial charge in [-0.15, -0.1) is 0 Å². The van der Waals surface area contributed by atoms with Crippen LogP contribution in [0.5, 0.6) is 0 Å². The monoisotopic (exact) mass is 1240 g/mol. The molecule has 20 nitrogen and oxygen atoms in total. The number of para-hydroxylation sites is 1. The van der Waals surface area contributed by atoms with Gasteiger partial charge in [-0.3, -0.25) is 4.18 Å². The molecule has 0 saturated heterocycles. The number of imidazole rings is 1. The summed E-state index contributed by atoms with van der Waals surface area (Å²) in [5, 5.41) is 5.01. The van der Waals surface area contributed by atoms with E-state index >= 15 is 0 Å². The highest BCUT2D eigenvalue weighted by Crippen LogP contribution is 2.42. The van der Waals surface area contributed by atoms with Crippen LogP contribution < -0.4 is 5.32 Å². The molecule has 7 rings (SSSR count). The zero-order chi connectivity index (χ0) is 61.8. The van der Waals surface area contributed by atoms with Gasteiger partial charge in [-0.05, 0) is 62.6 Å². The predicted octanol–water partition coefficient (Wildman–Crippen LogP) is 9.22. The van der Waals surface area contributed by atoms with Gasteiger partial charge in [-0.25, -0.2) is 9.97 Å². The summed E-state index contributed by atoms with van der Waals surface area (Å²) in [6, 6.07) is 46.3. The van der Waals surface area contributed by atoms with Crippen LogP contribution in [0.25, 0.3) is 21.9 Å². The van der Waals surface area contributed by atoms with Crippen LogP contribution in [0.15, 0.2) is 144 Å². The van der Waals surface area contributed by atoms with Gasteiger partial charge in [-0.1, -0.05) is 127 Å². The quantitative estimate of drug-likeness (QED) is 0.0214. The van der Waals surface area contributed by atoms with E-state index in [-0.39, 0.29) is 18.1 Å². The highest BCUT2D eigenvalue weighted by atomic mass is 32.2. The maximum absolute atomic E-state index is 12.2. The molecule has 0 atom stereocenters. The highest BCUT2D eigenvalue weighted by Gasteiger charge is 2.38. The summed E-state index contributed by atoms with van der Waals surface area (Å²) >= 11 is 0. The van der Waals surface area contributed by atoms with Crippen LogP contribution in [0.3, 0.4) is 0 Å². The molecule has 0 aliphatic rings. The van der Waals surface area contributed by atoms with Gasteiger partial charge in [0.1, 0.15) is 23.5 Å². The maximum Gasteiger partial charge on any atom is 0.297 e. The van der Waals surface area contributed by atoms with Gasteiger partial charge in [-0.2, -0.15) is 8.42 Å². The summed E-state index contributed by atoms with van der Waals surface area (Å²) in [4.78, 5) is 10.8. The van der Waals surface area contributed by atoms with E-state index in [0.29, 0.717) is 171 Å². The number of rotatable bonds is 49. The van der Waals surface area contributed by atoms with Gasteiger partial charge in [0.15, 0.2) is 5.82 Å². The minimum atomic E-state index is -3.79. The third-order valence-corrected chi connectivity index (χ3v) is 15.1. The van der Waals surface area contributed by atoms with Crippen molar-refractivity contribution in [3.05, 3.63) is 168 Å². The van der Waals surface area contributed by atoms with Crippen LogP contribution in [0.2, 0.25) is 0 Å². The molecule has 480 valence electrons. The second kappa shape index (κ2) is 39.3. The third kappa shape index (κ3) is 23.2. The number of ether oxygens (including phenoxy) is 13. The Hall–Kier alpha value is -5.83. The molecule has 5 aromatic carbocycles. The molecule has 7 aromatic rings. The lowest BCUT2D eigenvalue weighted by Gasteiger charge is -2.37. The molecular formula is C67H90N4O16S. The van der Waals surface area contributed by atoms with E-state index in [0.717, 1.165) is 50.0 Å². The summed E-state index contributed by atoms with van der Waals surface area (Å²) in [5.41, 5.74) is 5.30. The second-order valence-electron chi connectivity index (χ2n) is 20.8. The summed E-state index contributed by atoms with van der Waals surface area (Å²) < 4.78 is 106. The first kappa shape index (κ1) is 69.6. The van der Waals surface area contributed by atoms with Crippen molar-refractivity contribution in [1.82, 2.24) is 14.5 Å². The Bertz CT molecular complexity index is 3010. The molecule has 0 saturated carbocycles. The number of nitrogens with one attached hydrogen (secondary N) is 1. The van der Waals surface area contributed by atoms with Crippen molar-refractivity contribution in [3.63, 3.8) is 0 Å². The number of anilines is 1. The molecule has 0 amide bonds. The molecule has 0 unspecified atom stereocenters. The molecule has 21 heteroatoms. The largest absolute Gasteiger partial charge is 0.377 e. The van der Waals surface area contributed by atoms with Crippen LogP contribution in [-0.2, 0) is 94.6 Å². The molecule has 1 N–H and O–H groups in total. The van der Waals surface area contributed by atoms with Crippen molar-refractivity contribution in [1.29, 1.82) is 0 Å². The minimum Gasteiger partial charge on any atom is -0.377 e. The molecule has 0 fully saturated rings. The van der Waals surface area contributed by atoms with Crippen molar-refractivity contribution in [3.8, 4) is 0 Å². The van der Waals surface area contributed by atoms with Crippen LogP contribution in [0.4, 0.5) is 5.82 Å². The smallest absolute Gasteiger partial charge is 0.297 e. The zero-order valence-corrected chi connectivity index (χ0v) is 52.5. The standard InChI is InChI=1S/C67H90N4O16S/c1-5-74-53-62-69-63-64(60-23-15-16-24-61(60)68-65(63)70-67(56-17-9-6-10-18-56,57-19-11-7-12-20-57)58-21-13-8-14-22-58)71(62)54-66(3,4)86-51-49-84-47-45-82-43-41-80-39-37-78-35-33-76-31-29-75-30-32-77-34-36-79-38-40-81-42-44-83-46-48-85-50-52-87-88(72,73)59-27-25-55(2)26-28-59/h6-28H,5,29-54H2,1-4H3,(H,68,70). The molecule has 0 radical (unpaired) electrons. The number of nitrogens with zero attached hydrogens (tertiary/aromatic N) is 3. The maximum atomic E-state index is 12.2. The zero-order valence-electron chi connectivity index (χ0n) is 51.7. The number of aryl methyl sites for hydroxylation is 1. The van der Waals surface area contributed by atoms with E-state index in [1.165, 1.54) is 12.1 Å². The fourth-order valence-electron chi connectivity index (χ4n) is 9.48. The molecule has 0 aliphatic carbocycles. The number of pyridine rings is 1. The lowest BCUT2D eigenvalue weighted by Crippen LogP contribution is -2.38. The van der Waals surface area contributed by atoms with E-state index in [1.807, 2.05) is 44.2 Å². The SMILES string of the molecule is CCOCc1nc2c(NC(c3ccccc3)(c3ccccc3)c3ccccc3)nc3ccccc3c2n1CC(C)(C)OCCOCCOCCOCCOCCOCCOCCOCCOCCOCCOCCOCCOS(=O)(=O)c1ccc(C)cc1. The van der Waals surface area contributed by atoms with E-state index in [4.69, 9.17) is 75.7 Å². The van der Waals surface area contributed by atoms with Crippen LogP contribution in [-0.4, -0.2) is 194 Å². The number of hydrogen-bond donors (Lipinski definition) is 1. The Morgan fingerprint density at radius 3 is 1.23 bits per heavy atom. The Morgan fingerprint density at radius 2 is 0.818 bits per heavy atom. The number of aromatic nitrogens is 3. The Balaban J connectivity index is 0.675. The third-order valence-electron chi connectivity index (χ3n) is 13.8. The number of fused-ring (bicyclic) bond motifs is 3. The minimum absolute atomic E-state index is 0.0696. The molecule has 2 aromatic heterocycles. The first-order chi connectivity index (χ1) is 43.1. The lowest BCUT2D eigenvalue weighted by atomic mass is 9.77. The molecule has 0 spiro atoms. The summed E-state index contributed by atoms with van der Waals surface area (Å²) in [5.74, 6) is 1.45. The van der Waals surface area contributed by atoms with E-state index < -0.39 is 21.3 Å². The molecule has 0 aliphatic heterocycles.